The van der Waals surface area contributed by atoms with Crippen LogP contribution in [0.15, 0.2) is 314 Å². The summed E-state index contributed by atoms with van der Waals surface area (Å²) in [6, 6.07) is 91.8. The summed E-state index contributed by atoms with van der Waals surface area (Å²) in [7, 11) is 0. The third-order valence-corrected chi connectivity index (χ3v) is 25.0. The fourth-order valence-electron chi connectivity index (χ4n) is 18.9. The SMILES string of the molecule is [2H]c1c([2H])c([2H])c2c(c1[2H])c1c([2H])c([2H])c([2H])c([2H])c1n2-c1cc2c3c(c1)N(c1c(-c4ccccc4)ccc4oc5ccccc5c14)c1cc(-n4c5ccc(C(C)(C)C)cc5c5cc(C(C)(C)C)ccc54)ccc1B3c1ccc(-n3c4ccc(C(C)(C)C)cc4c4cc(C(C)(C)C)ccc43)cc1N2c1c(-c2ccccc2)cc(C(C)(C)C)cc1-c1ccccc1. The van der Waals surface area contributed by atoms with Crippen LogP contribution in [0.5, 0.6) is 0 Å². The molecule has 2 aliphatic heterocycles. The lowest BCUT2D eigenvalue weighted by Gasteiger charge is -2.46. The third kappa shape index (κ3) is 11.3. The molecule has 0 bridgehead atoms. The number of benzene rings is 15. The van der Waals surface area contributed by atoms with Crippen molar-refractivity contribution in [1.82, 2.24) is 13.7 Å². The maximum Gasteiger partial charge on any atom is 0.252 e. The summed E-state index contributed by atoms with van der Waals surface area (Å²) in [5, 5.41) is 6.25. The van der Waals surface area contributed by atoms with Crippen molar-refractivity contribution >= 4 is 145 Å². The molecule has 21 rings (SSSR count). The molecule has 0 amide bonds. The smallest absolute Gasteiger partial charge is 0.252 e. The minimum atomic E-state index is -0.597. The van der Waals surface area contributed by atoms with Gasteiger partial charge in [-0.25, -0.2) is 0 Å². The predicted octanol–water partition coefficient (Wildman–Crippen LogP) is 28.4. The Kier molecular flexibility index (Phi) is 14.0. The number of fused-ring (bicyclic) bond motifs is 16. The van der Waals surface area contributed by atoms with E-state index in [1.54, 1.807) is 4.57 Å². The predicted molar refractivity (Wildman–Crippen MR) is 501 cm³/mol. The second kappa shape index (κ2) is 25.8. The van der Waals surface area contributed by atoms with E-state index >= 15 is 0 Å². The molecule has 0 aliphatic carbocycles. The summed E-state index contributed by atoms with van der Waals surface area (Å²) < 4.78 is 92.9. The van der Waals surface area contributed by atoms with E-state index in [0.717, 1.165) is 144 Å². The number of nitrogens with zero attached hydrogens (tertiary/aromatic N) is 5. The third-order valence-electron chi connectivity index (χ3n) is 25.0. The van der Waals surface area contributed by atoms with E-state index in [2.05, 4.69) is 365 Å². The highest BCUT2D eigenvalue weighted by molar-refractivity contribution is 7.00. The molecule has 0 saturated heterocycles. The van der Waals surface area contributed by atoms with E-state index in [4.69, 9.17) is 4.42 Å². The normalized spacial score (nSPS) is 14.3. The second-order valence-corrected chi connectivity index (χ2v) is 37.6. The van der Waals surface area contributed by atoms with E-state index in [0.29, 0.717) is 28.2 Å². The van der Waals surface area contributed by atoms with Crippen LogP contribution in [0.4, 0.5) is 34.1 Å². The largest absolute Gasteiger partial charge is 0.456 e. The van der Waals surface area contributed by atoms with Gasteiger partial charge in [-0.2, -0.15) is 0 Å². The van der Waals surface area contributed by atoms with Crippen molar-refractivity contribution in [3.8, 4) is 50.4 Å². The molecule has 117 heavy (non-hydrogen) atoms. The van der Waals surface area contributed by atoms with E-state index in [1.165, 1.54) is 22.3 Å². The molecule has 7 heteroatoms. The Labute approximate surface area is 697 Å². The van der Waals surface area contributed by atoms with Crippen LogP contribution < -0.4 is 26.2 Å². The molecule has 0 fully saturated rings. The average molecular weight is 1520 g/mol. The Balaban J connectivity index is 1.00. The van der Waals surface area contributed by atoms with Gasteiger partial charge in [0.25, 0.3) is 6.71 Å². The van der Waals surface area contributed by atoms with Gasteiger partial charge in [0.1, 0.15) is 11.2 Å². The topological polar surface area (TPSA) is 34.4 Å². The van der Waals surface area contributed by atoms with Crippen LogP contribution in [-0.2, 0) is 27.1 Å². The number of hydrogen-bond donors (Lipinski definition) is 0. The lowest BCUT2D eigenvalue weighted by atomic mass is 9.33. The first-order chi connectivity index (χ1) is 59.5. The molecule has 2 aliphatic rings. The van der Waals surface area contributed by atoms with E-state index in [9.17, 15) is 11.0 Å². The van der Waals surface area contributed by atoms with Crippen molar-refractivity contribution in [2.45, 2.75) is 131 Å². The highest BCUT2D eigenvalue weighted by atomic mass is 16.3. The van der Waals surface area contributed by atoms with Gasteiger partial charge in [0.2, 0.25) is 0 Å². The van der Waals surface area contributed by atoms with Gasteiger partial charge in [0, 0.05) is 88.5 Å². The van der Waals surface area contributed by atoms with Crippen LogP contribution in [0.3, 0.4) is 0 Å². The lowest BCUT2D eigenvalue weighted by Crippen LogP contribution is -2.61. The summed E-state index contributed by atoms with van der Waals surface area (Å²) in [6.07, 6.45) is 0. The zero-order valence-electron chi connectivity index (χ0n) is 77.0. The van der Waals surface area contributed by atoms with E-state index in [1.807, 2.05) is 18.2 Å². The number of furan rings is 1. The van der Waals surface area contributed by atoms with Gasteiger partial charge in [-0.3, -0.25) is 0 Å². The number of aromatic nitrogens is 3. The van der Waals surface area contributed by atoms with E-state index in [-0.39, 0.29) is 48.9 Å². The molecule has 15 aromatic carbocycles. The Morgan fingerprint density at radius 2 is 0.641 bits per heavy atom. The molecular weight excluding hydrogens is 1420 g/mol. The first-order valence-corrected chi connectivity index (χ1v) is 41.1. The van der Waals surface area contributed by atoms with Gasteiger partial charge in [-0.15, -0.1) is 0 Å². The highest BCUT2D eigenvalue weighted by Gasteiger charge is 2.47. The first-order valence-electron chi connectivity index (χ1n) is 45.1. The zero-order valence-corrected chi connectivity index (χ0v) is 69.0. The summed E-state index contributed by atoms with van der Waals surface area (Å²) in [5.41, 5.74) is 26.0. The Morgan fingerprint density at radius 1 is 0.274 bits per heavy atom. The molecule has 570 valence electrons. The number of hydrogen-bond acceptors (Lipinski definition) is 3. The number of rotatable bonds is 8. The Morgan fingerprint density at radius 3 is 1.06 bits per heavy atom. The van der Waals surface area contributed by atoms with Gasteiger partial charge in [0.05, 0.1) is 66.5 Å². The van der Waals surface area contributed by atoms with Crippen LogP contribution in [0, 0.1) is 0 Å². The standard InChI is InChI=1S/C110H96BN5O/c1-106(2,3)70-43-52-92-84(57-70)85-58-71(107(4,5)6)44-53-93(85)112(92)75-47-50-88-96(63-75)115(104-82(68-33-21-17-22-34-68)61-74(110(13,14)15)62-83(104)69-35-23-18-24-36-69)98-65-77(114-90-40-28-25-37-79(90)80-38-26-29-41-91(80)114)66-99-103(98)111(88)89-51-48-76(113-94-54-45-72(108(7,8)9)59-86(94)87-60-73(109(10,11)12)46-55-95(87)113)64-97(89)116(99)105-78(67-31-19-16-20-32-67)49-56-101-102(105)81-39-27-30-42-100(81)117-101/h16-66H,1-15H3/i25D,26D,28D,29D,37D,38D,40D,41D. The minimum Gasteiger partial charge on any atom is -0.456 e. The molecule has 6 heterocycles. The quantitative estimate of drug-likeness (QED) is 0.142. The van der Waals surface area contributed by atoms with Crippen LogP contribution in [0.25, 0.3) is 138 Å². The van der Waals surface area contributed by atoms with E-state index < -0.39 is 55.1 Å². The van der Waals surface area contributed by atoms with Gasteiger partial charge in [-0.1, -0.05) is 286 Å². The molecule has 0 radical (unpaired) electrons. The second-order valence-electron chi connectivity index (χ2n) is 37.6. The van der Waals surface area contributed by atoms with Crippen molar-refractivity contribution in [2.24, 2.45) is 0 Å². The minimum absolute atomic E-state index is 0.000348. The molecule has 0 atom stereocenters. The Hall–Kier alpha value is -12.8. The Bertz CT molecular complexity index is 7580. The maximum atomic E-state index is 10.4. The first kappa shape index (κ1) is 63.5. The molecule has 19 aromatic rings. The summed E-state index contributed by atoms with van der Waals surface area (Å²) in [4.78, 5) is 4.92. The van der Waals surface area contributed by atoms with Crippen LogP contribution in [-0.4, -0.2) is 20.4 Å². The van der Waals surface area contributed by atoms with Gasteiger partial charge >= 0.3 is 0 Å². The summed E-state index contributed by atoms with van der Waals surface area (Å²) in [6.45, 7) is 33.5. The fourth-order valence-corrected chi connectivity index (χ4v) is 18.9. The van der Waals surface area contributed by atoms with Gasteiger partial charge in [0.15, 0.2) is 0 Å². The van der Waals surface area contributed by atoms with Crippen molar-refractivity contribution < 1.29 is 15.4 Å². The van der Waals surface area contributed by atoms with Gasteiger partial charge in [-0.05, 0) is 215 Å². The van der Waals surface area contributed by atoms with Crippen LogP contribution in [0.1, 0.15) is 143 Å². The van der Waals surface area contributed by atoms with Gasteiger partial charge < -0.3 is 27.9 Å². The molecule has 4 aromatic heterocycles. The fraction of sp³-hybridized carbons (Fsp3) is 0.182. The molecule has 0 spiro atoms. The van der Waals surface area contributed by atoms with Crippen LogP contribution in [0.2, 0.25) is 0 Å². The summed E-state index contributed by atoms with van der Waals surface area (Å²) >= 11 is 0. The molecular formula is C110H96BN5O. The van der Waals surface area contributed by atoms with Crippen molar-refractivity contribution in [3.05, 3.63) is 337 Å². The summed E-state index contributed by atoms with van der Waals surface area (Å²) in [5.74, 6) is 0. The monoisotopic (exact) mass is 1520 g/mol. The molecule has 0 saturated carbocycles. The zero-order chi connectivity index (χ0) is 87.2. The van der Waals surface area contributed by atoms with Crippen molar-refractivity contribution in [2.75, 3.05) is 9.80 Å². The van der Waals surface area contributed by atoms with Crippen LogP contribution >= 0.6 is 0 Å². The number of para-hydroxylation sites is 3. The average Bonchev–Trinajstić information content (AvgIpc) is 1.66. The highest BCUT2D eigenvalue weighted by Crippen LogP contribution is 2.56. The molecule has 0 unspecified atom stereocenters. The number of anilines is 6. The van der Waals surface area contributed by atoms with Crippen molar-refractivity contribution in [3.63, 3.8) is 0 Å². The van der Waals surface area contributed by atoms with Crippen molar-refractivity contribution in [1.29, 1.82) is 0 Å². The molecule has 0 N–H and O–H groups in total. The maximum absolute atomic E-state index is 10.4. The molecule has 6 nitrogen and oxygen atoms in total. The lowest BCUT2D eigenvalue weighted by molar-refractivity contribution is 0.590.